The smallest absolute Gasteiger partial charge is 0.177 e. The van der Waals surface area contributed by atoms with Gasteiger partial charge in [0.2, 0.25) is 0 Å². The Morgan fingerprint density at radius 1 is 1.30 bits per heavy atom. The van der Waals surface area contributed by atoms with Gasteiger partial charge in [0, 0.05) is 10.7 Å². The summed E-state index contributed by atoms with van der Waals surface area (Å²) in [6.07, 6.45) is 2.35. The molecule has 0 amide bonds. The Labute approximate surface area is 124 Å². The van der Waals surface area contributed by atoms with Gasteiger partial charge in [-0.25, -0.2) is 9.97 Å². The van der Waals surface area contributed by atoms with Crippen molar-refractivity contribution in [2.75, 3.05) is 0 Å². The summed E-state index contributed by atoms with van der Waals surface area (Å²) < 4.78 is 0.896. The molecule has 0 radical (unpaired) electrons. The molecule has 0 spiro atoms. The number of aromatic amines is 1. The number of hydrogen-bond donors (Lipinski definition) is 3. The van der Waals surface area contributed by atoms with Gasteiger partial charge in [0.05, 0.1) is 11.6 Å². The second-order valence-corrected chi connectivity index (χ2v) is 5.54. The summed E-state index contributed by atoms with van der Waals surface area (Å²) in [7, 11) is 0. The van der Waals surface area contributed by atoms with E-state index in [0.29, 0.717) is 17.9 Å². The van der Waals surface area contributed by atoms with E-state index in [9.17, 15) is 5.11 Å². The van der Waals surface area contributed by atoms with Gasteiger partial charge in [-0.05, 0) is 46.1 Å². The highest BCUT2D eigenvalue weighted by atomic mass is 79.9. The minimum atomic E-state index is -0.243. The van der Waals surface area contributed by atoms with Crippen LogP contribution in [-0.4, -0.2) is 20.1 Å². The number of nitrogens with two attached hydrogens (primary N) is 1. The number of halogens is 1. The fourth-order valence-electron chi connectivity index (χ4n) is 2.05. The van der Waals surface area contributed by atoms with Crippen LogP contribution in [-0.2, 0) is 6.42 Å². The summed E-state index contributed by atoms with van der Waals surface area (Å²) in [6, 6.07) is 8.69. The molecule has 2 aromatic heterocycles. The van der Waals surface area contributed by atoms with E-state index >= 15 is 0 Å². The lowest BCUT2D eigenvalue weighted by molar-refractivity contribution is 0.475. The van der Waals surface area contributed by atoms with Crippen molar-refractivity contribution in [3.63, 3.8) is 0 Å². The lowest BCUT2D eigenvalue weighted by Crippen LogP contribution is -2.14. The molecular weight excluding hydrogens is 320 g/mol. The normalized spacial score (nSPS) is 12.7. The summed E-state index contributed by atoms with van der Waals surface area (Å²) in [4.78, 5) is 11.8. The van der Waals surface area contributed by atoms with E-state index in [-0.39, 0.29) is 11.8 Å². The summed E-state index contributed by atoms with van der Waals surface area (Å²) in [5, 5.41) is 9.27. The maximum atomic E-state index is 9.27. The maximum absolute atomic E-state index is 9.27. The molecule has 6 heteroatoms. The van der Waals surface area contributed by atoms with Gasteiger partial charge < -0.3 is 15.8 Å². The molecule has 3 aromatic rings. The molecule has 1 unspecified atom stereocenters. The van der Waals surface area contributed by atoms with Crippen molar-refractivity contribution in [2.45, 2.75) is 12.5 Å². The summed E-state index contributed by atoms with van der Waals surface area (Å²) >= 11 is 3.37. The third-order valence-electron chi connectivity index (χ3n) is 3.07. The molecule has 20 heavy (non-hydrogen) atoms. The first-order valence-corrected chi connectivity index (χ1v) is 6.96. The minimum absolute atomic E-state index is 0.243. The van der Waals surface area contributed by atoms with Crippen LogP contribution in [0.15, 0.2) is 41.0 Å². The number of aromatic nitrogens is 3. The Balaban J connectivity index is 1.84. The zero-order chi connectivity index (χ0) is 14.1. The first kappa shape index (κ1) is 13.1. The Hall–Kier alpha value is -1.92. The number of phenols is 1. The van der Waals surface area contributed by atoms with Gasteiger partial charge in [0.25, 0.3) is 0 Å². The van der Waals surface area contributed by atoms with Gasteiger partial charge >= 0.3 is 0 Å². The van der Waals surface area contributed by atoms with Crippen molar-refractivity contribution in [3.05, 3.63) is 52.4 Å². The van der Waals surface area contributed by atoms with Gasteiger partial charge in [-0.1, -0.05) is 12.1 Å². The van der Waals surface area contributed by atoms with Crippen LogP contribution in [0.25, 0.3) is 11.2 Å². The van der Waals surface area contributed by atoms with Gasteiger partial charge in [0.15, 0.2) is 5.65 Å². The van der Waals surface area contributed by atoms with Crippen molar-refractivity contribution < 1.29 is 5.11 Å². The van der Waals surface area contributed by atoms with E-state index in [0.717, 1.165) is 15.6 Å². The first-order valence-electron chi connectivity index (χ1n) is 6.16. The SMILES string of the molecule is NC(Cc1ccc(O)cc1)c1nc2ncc(Br)cc2[nH]1. The number of rotatable bonds is 3. The molecule has 0 bridgehead atoms. The van der Waals surface area contributed by atoms with E-state index in [4.69, 9.17) is 5.73 Å². The monoisotopic (exact) mass is 332 g/mol. The van der Waals surface area contributed by atoms with E-state index in [1.165, 1.54) is 0 Å². The molecule has 0 fully saturated rings. The van der Waals surface area contributed by atoms with Crippen molar-refractivity contribution in [2.24, 2.45) is 5.73 Å². The molecule has 102 valence electrons. The predicted octanol–water partition coefficient (Wildman–Crippen LogP) is 2.67. The molecule has 1 atom stereocenters. The van der Waals surface area contributed by atoms with Gasteiger partial charge in [-0.3, -0.25) is 0 Å². The second kappa shape index (κ2) is 5.22. The van der Waals surface area contributed by atoms with Crippen LogP contribution in [0.5, 0.6) is 5.75 Å². The molecule has 1 aromatic carbocycles. The molecule has 0 aliphatic rings. The lowest BCUT2D eigenvalue weighted by atomic mass is 10.1. The molecule has 0 aliphatic heterocycles. The fraction of sp³-hybridized carbons (Fsp3) is 0.143. The number of fused-ring (bicyclic) bond motifs is 1. The number of hydrogen-bond acceptors (Lipinski definition) is 4. The van der Waals surface area contributed by atoms with Crippen molar-refractivity contribution in [1.82, 2.24) is 15.0 Å². The number of phenolic OH excluding ortho intramolecular Hbond substituents is 1. The number of nitrogens with zero attached hydrogens (tertiary/aromatic N) is 2. The first-order chi connectivity index (χ1) is 9.61. The molecule has 0 saturated heterocycles. The standard InChI is InChI=1S/C14H13BrN4O/c15-9-6-12-14(17-7-9)19-13(18-12)11(16)5-8-1-3-10(20)4-2-8/h1-4,6-7,11,20H,5,16H2,(H,17,18,19). The quantitative estimate of drug-likeness (QED) is 0.688. The topological polar surface area (TPSA) is 87.8 Å². The van der Waals surface area contributed by atoms with Gasteiger partial charge in [-0.15, -0.1) is 0 Å². The number of nitrogens with one attached hydrogen (secondary N) is 1. The summed E-state index contributed by atoms with van der Waals surface area (Å²) in [5.41, 5.74) is 8.73. The number of aromatic hydroxyl groups is 1. The molecule has 3 rings (SSSR count). The van der Waals surface area contributed by atoms with Crippen molar-refractivity contribution in [1.29, 1.82) is 0 Å². The minimum Gasteiger partial charge on any atom is -0.508 e. The Morgan fingerprint density at radius 2 is 2.05 bits per heavy atom. The largest absolute Gasteiger partial charge is 0.508 e. The Morgan fingerprint density at radius 3 is 2.80 bits per heavy atom. The Kier molecular flexibility index (Phi) is 3.42. The average Bonchev–Trinajstić information content (AvgIpc) is 2.84. The van der Waals surface area contributed by atoms with Crippen LogP contribution in [0.1, 0.15) is 17.4 Å². The zero-order valence-corrected chi connectivity index (χ0v) is 12.1. The van der Waals surface area contributed by atoms with Crippen molar-refractivity contribution in [3.8, 4) is 5.75 Å². The molecule has 4 N–H and O–H groups in total. The highest BCUT2D eigenvalue weighted by Gasteiger charge is 2.13. The van der Waals surface area contributed by atoms with Crippen LogP contribution in [0.4, 0.5) is 0 Å². The molecule has 0 aliphatic carbocycles. The summed E-state index contributed by atoms with van der Waals surface area (Å²) in [5.74, 6) is 0.957. The van der Waals surface area contributed by atoms with Gasteiger partial charge in [-0.2, -0.15) is 0 Å². The van der Waals surface area contributed by atoms with Crippen LogP contribution < -0.4 is 5.73 Å². The second-order valence-electron chi connectivity index (χ2n) is 4.62. The third kappa shape index (κ3) is 2.66. The zero-order valence-electron chi connectivity index (χ0n) is 10.5. The molecular formula is C14H13BrN4O. The van der Waals surface area contributed by atoms with Crippen LogP contribution in [0.2, 0.25) is 0 Å². The van der Waals surface area contributed by atoms with E-state index in [1.54, 1.807) is 18.3 Å². The average molecular weight is 333 g/mol. The predicted molar refractivity (Wildman–Crippen MR) is 80.3 cm³/mol. The number of H-pyrrole nitrogens is 1. The summed E-state index contributed by atoms with van der Waals surface area (Å²) in [6.45, 7) is 0. The fourth-order valence-corrected chi connectivity index (χ4v) is 2.38. The molecule has 0 saturated carbocycles. The van der Waals surface area contributed by atoms with Crippen LogP contribution in [0.3, 0.4) is 0 Å². The van der Waals surface area contributed by atoms with Crippen LogP contribution in [0, 0.1) is 0 Å². The molecule has 5 nitrogen and oxygen atoms in total. The number of benzene rings is 1. The van der Waals surface area contributed by atoms with E-state index < -0.39 is 0 Å². The third-order valence-corrected chi connectivity index (χ3v) is 3.50. The van der Waals surface area contributed by atoms with E-state index in [2.05, 4.69) is 30.9 Å². The lowest BCUT2D eigenvalue weighted by Gasteiger charge is -2.08. The van der Waals surface area contributed by atoms with Crippen LogP contribution >= 0.6 is 15.9 Å². The number of pyridine rings is 1. The van der Waals surface area contributed by atoms with Gasteiger partial charge in [0.1, 0.15) is 11.6 Å². The maximum Gasteiger partial charge on any atom is 0.177 e. The molecule has 2 heterocycles. The van der Waals surface area contributed by atoms with Crippen molar-refractivity contribution >= 4 is 27.1 Å². The van der Waals surface area contributed by atoms with E-state index in [1.807, 2.05) is 18.2 Å². The Bertz CT molecular complexity index is 739. The number of imidazole rings is 1. The highest BCUT2D eigenvalue weighted by Crippen LogP contribution is 2.20. The highest BCUT2D eigenvalue weighted by molar-refractivity contribution is 9.10.